The first-order valence-electron chi connectivity index (χ1n) is 4.79. The number of carbonyl (C=O) groups is 1. The average molecular weight is 313 g/mol. The van der Waals surface area contributed by atoms with Crippen LogP contribution in [0.25, 0.3) is 10.4 Å². The van der Waals surface area contributed by atoms with Gasteiger partial charge in [-0.2, -0.15) is 0 Å². The Morgan fingerprint density at radius 2 is 2.00 bits per heavy atom. The number of aromatic hydroxyl groups is 1. The van der Waals surface area contributed by atoms with E-state index in [1.54, 1.807) is 6.07 Å². The molecule has 5 heteroatoms. The number of thiophene rings is 1. The third kappa shape index (κ3) is 2.50. The highest BCUT2D eigenvalue weighted by Gasteiger charge is 2.16. The minimum atomic E-state index is -0.518. The quantitative estimate of drug-likeness (QED) is 0.861. The Morgan fingerprint density at radius 3 is 2.59 bits per heavy atom. The largest absolute Gasteiger partial charge is 0.506 e. The molecule has 17 heavy (non-hydrogen) atoms. The summed E-state index contributed by atoms with van der Waals surface area (Å²) in [6.45, 7) is 0. The smallest absolute Gasteiger partial charge is 0.351 e. The van der Waals surface area contributed by atoms with Crippen molar-refractivity contribution in [3.63, 3.8) is 0 Å². The summed E-state index contributed by atoms with van der Waals surface area (Å²) < 4.78 is 5.57. The molecular weight excluding hydrogens is 304 g/mol. The molecule has 2 rings (SSSR count). The molecule has 1 aromatic carbocycles. The summed E-state index contributed by atoms with van der Waals surface area (Å²) in [5.41, 5.74) is 0.948. The van der Waals surface area contributed by atoms with Gasteiger partial charge in [0.25, 0.3) is 0 Å². The zero-order chi connectivity index (χ0) is 12.4. The number of hydrogen-bond acceptors (Lipinski definition) is 4. The maximum absolute atomic E-state index is 11.4. The molecule has 88 valence electrons. The van der Waals surface area contributed by atoms with Gasteiger partial charge in [0.2, 0.25) is 0 Å². The topological polar surface area (TPSA) is 46.5 Å². The van der Waals surface area contributed by atoms with Crippen molar-refractivity contribution in [1.82, 2.24) is 0 Å². The van der Waals surface area contributed by atoms with E-state index >= 15 is 0 Å². The molecule has 3 nitrogen and oxygen atoms in total. The number of methoxy groups -OCH3 is 1. The lowest BCUT2D eigenvalue weighted by molar-refractivity contribution is 0.0603. The van der Waals surface area contributed by atoms with E-state index in [1.807, 2.05) is 24.3 Å². The van der Waals surface area contributed by atoms with Crippen molar-refractivity contribution in [1.29, 1.82) is 0 Å². The molecule has 0 saturated carbocycles. The van der Waals surface area contributed by atoms with E-state index in [0.717, 1.165) is 14.9 Å². The number of esters is 1. The number of hydrogen-bond donors (Lipinski definition) is 1. The molecule has 0 atom stereocenters. The van der Waals surface area contributed by atoms with Crippen molar-refractivity contribution in [2.75, 3.05) is 7.11 Å². The number of benzene rings is 1. The van der Waals surface area contributed by atoms with Gasteiger partial charge in [0, 0.05) is 9.35 Å². The van der Waals surface area contributed by atoms with Crippen LogP contribution < -0.4 is 0 Å². The molecule has 0 aliphatic carbocycles. The molecular formula is C12H9BrO3S. The maximum atomic E-state index is 11.4. The van der Waals surface area contributed by atoms with Crippen LogP contribution in [0.5, 0.6) is 5.75 Å². The van der Waals surface area contributed by atoms with Gasteiger partial charge in [-0.1, -0.05) is 28.1 Å². The summed E-state index contributed by atoms with van der Waals surface area (Å²) in [5, 5.41) is 9.65. The van der Waals surface area contributed by atoms with Crippen LogP contribution in [0.15, 0.2) is 34.8 Å². The van der Waals surface area contributed by atoms with Gasteiger partial charge in [-0.05, 0) is 23.8 Å². The molecule has 0 unspecified atom stereocenters. The Morgan fingerprint density at radius 1 is 1.35 bits per heavy atom. The summed E-state index contributed by atoms with van der Waals surface area (Å²) in [6, 6.07) is 9.21. The predicted octanol–water partition coefficient (Wildman–Crippen LogP) is 3.67. The molecule has 0 aliphatic rings. The van der Waals surface area contributed by atoms with Crippen molar-refractivity contribution in [3.05, 3.63) is 39.7 Å². The number of ether oxygens (including phenoxy) is 1. The molecule has 0 amide bonds. The minimum Gasteiger partial charge on any atom is -0.506 e. The van der Waals surface area contributed by atoms with E-state index in [0.29, 0.717) is 0 Å². The SMILES string of the molecule is COC(=O)c1sc(-c2ccc(Br)cc2)cc1O. The number of halogens is 1. The highest BCUT2D eigenvalue weighted by atomic mass is 79.9. The monoisotopic (exact) mass is 312 g/mol. The first-order chi connectivity index (χ1) is 8.11. The molecule has 1 N–H and O–H groups in total. The zero-order valence-corrected chi connectivity index (χ0v) is 11.3. The molecule has 1 aromatic heterocycles. The van der Waals surface area contributed by atoms with Crippen molar-refractivity contribution >= 4 is 33.2 Å². The standard InChI is InChI=1S/C12H9BrO3S/c1-16-12(15)11-9(14)6-10(17-11)7-2-4-8(13)5-3-7/h2-6,14H,1H3. The van der Waals surface area contributed by atoms with Gasteiger partial charge in [-0.15, -0.1) is 11.3 Å². The second-order valence-corrected chi connectivity index (χ2v) is 5.29. The summed E-state index contributed by atoms with van der Waals surface area (Å²) in [6.07, 6.45) is 0. The van der Waals surface area contributed by atoms with Crippen LogP contribution in [0.4, 0.5) is 0 Å². The minimum absolute atomic E-state index is 0.0419. The van der Waals surface area contributed by atoms with E-state index in [4.69, 9.17) is 0 Å². The third-order valence-electron chi connectivity index (χ3n) is 2.21. The van der Waals surface area contributed by atoms with E-state index in [9.17, 15) is 9.90 Å². The molecule has 0 radical (unpaired) electrons. The lowest BCUT2D eigenvalue weighted by Crippen LogP contribution is -1.97. The molecule has 1 heterocycles. The molecule has 0 bridgehead atoms. The first kappa shape index (κ1) is 12.1. The molecule has 0 spiro atoms. The summed E-state index contributed by atoms with van der Waals surface area (Å²) in [4.78, 5) is 12.4. The van der Waals surface area contributed by atoms with Gasteiger partial charge in [0.05, 0.1) is 7.11 Å². The fourth-order valence-electron chi connectivity index (χ4n) is 1.38. The highest BCUT2D eigenvalue weighted by molar-refractivity contribution is 9.10. The number of carbonyl (C=O) groups excluding carboxylic acids is 1. The predicted molar refractivity (Wildman–Crippen MR) is 70.5 cm³/mol. The van der Waals surface area contributed by atoms with Gasteiger partial charge in [0.15, 0.2) is 4.88 Å². The number of rotatable bonds is 2. The Bertz CT molecular complexity index is 545. The van der Waals surface area contributed by atoms with Crippen LogP contribution in [0.2, 0.25) is 0 Å². The Kier molecular flexibility index (Phi) is 3.49. The van der Waals surface area contributed by atoms with Gasteiger partial charge in [-0.25, -0.2) is 4.79 Å². The van der Waals surface area contributed by atoms with Crippen LogP contribution in [-0.4, -0.2) is 18.2 Å². The normalized spacial score (nSPS) is 10.2. The first-order valence-corrected chi connectivity index (χ1v) is 6.40. The van der Waals surface area contributed by atoms with Gasteiger partial charge in [-0.3, -0.25) is 0 Å². The van der Waals surface area contributed by atoms with Gasteiger partial charge < -0.3 is 9.84 Å². The van der Waals surface area contributed by atoms with Crippen molar-refractivity contribution in [3.8, 4) is 16.2 Å². The third-order valence-corrected chi connectivity index (χ3v) is 3.89. The summed E-state index contributed by atoms with van der Waals surface area (Å²) in [5.74, 6) is -0.560. The lowest BCUT2D eigenvalue weighted by atomic mass is 10.2. The second-order valence-electron chi connectivity index (χ2n) is 3.32. The maximum Gasteiger partial charge on any atom is 0.351 e. The van der Waals surface area contributed by atoms with E-state index in [2.05, 4.69) is 20.7 Å². The highest BCUT2D eigenvalue weighted by Crippen LogP contribution is 2.36. The van der Waals surface area contributed by atoms with Crippen LogP contribution in [0, 0.1) is 0 Å². The Balaban J connectivity index is 2.41. The summed E-state index contributed by atoms with van der Waals surface area (Å²) in [7, 11) is 1.29. The Hall–Kier alpha value is -1.33. The average Bonchev–Trinajstić information content (AvgIpc) is 2.71. The van der Waals surface area contributed by atoms with Crippen molar-refractivity contribution < 1.29 is 14.6 Å². The van der Waals surface area contributed by atoms with Crippen molar-refractivity contribution in [2.45, 2.75) is 0 Å². The van der Waals surface area contributed by atoms with Crippen LogP contribution in [0.1, 0.15) is 9.67 Å². The van der Waals surface area contributed by atoms with Gasteiger partial charge in [0.1, 0.15) is 5.75 Å². The lowest BCUT2D eigenvalue weighted by Gasteiger charge is -1.96. The summed E-state index contributed by atoms with van der Waals surface area (Å²) >= 11 is 4.56. The second kappa shape index (κ2) is 4.89. The molecule has 0 saturated heterocycles. The van der Waals surface area contributed by atoms with E-state index in [-0.39, 0.29) is 10.6 Å². The molecule has 0 fully saturated rings. The van der Waals surface area contributed by atoms with Crippen LogP contribution in [-0.2, 0) is 4.74 Å². The molecule has 2 aromatic rings. The van der Waals surface area contributed by atoms with Crippen LogP contribution in [0.3, 0.4) is 0 Å². The Labute approximate surface area is 111 Å². The van der Waals surface area contributed by atoms with E-state index in [1.165, 1.54) is 18.4 Å². The zero-order valence-electron chi connectivity index (χ0n) is 8.94. The van der Waals surface area contributed by atoms with Gasteiger partial charge >= 0.3 is 5.97 Å². The van der Waals surface area contributed by atoms with E-state index < -0.39 is 5.97 Å². The fraction of sp³-hybridized carbons (Fsp3) is 0.0833. The fourth-order valence-corrected chi connectivity index (χ4v) is 2.62. The van der Waals surface area contributed by atoms with Crippen LogP contribution >= 0.6 is 27.3 Å². The van der Waals surface area contributed by atoms with Crippen molar-refractivity contribution in [2.24, 2.45) is 0 Å². The molecule has 0 aliphatic heterocycles.